The topological polar surface area (TPSA) is 34.5 Å². The fourth-order valence-corrected chi connectivity index (χ4v) is 3.78. The molecule has 0 atom stereocenters. The fraction of sp³-hybridized carbons (Fsp3) is 0.160. The van der Waals surface area contributed by atoms with Crippen LogP contribution in [0.15, 0.2) is 83.3 Å². The van der Waals surface area contributed by atoms with E-state index in [-0.39, 0.29) is 5.91 Å². The van der Waals surface area contributed by atoms with Crippen LogP contribution < -0.4 is 4.74 Å². The van der Waals surface area contributed by atoms with Crippen LogP contribution in [0.25, 0.3) is 22.2 Å². The molecule has 0 unspecified atom stereocenters. The number of hydrogen-bond acceptors (Lipinski definition) is 3. The largest absolute Gasteiger partial charge is 0.475 e. The number of fused-ring (bicyclic) bond motifs is 1. The van der Waals surface area contributed by atoms with Crippen molar-refractivity contribution < 1.29 is 9.53 Å². The zero-order valence-electron chi connectivity index (χ0n) is 17.0. The van der Waals surface area contributed by atoms with Gasteiger partial charge in [-0.1, -0.05) is 71.4 Å². The molecule has 4 aromatic rings. The highest BCUT2D eigenvalue weighted by atomic mass is 79.9. The summed E-state index contributed by atoms with van der Waals surface area (Å²) in [5.74, 6) is 0.627. The Labute approximate surface area is 184 Å². The molecule has 30 heavy (non-hydrogen) atoms. The number of aromatic nitrogens is 1. The van der Waals surface area contributed by atoms with Crippen LogP contribution in [0.1, 0.15) is 17.3 Å². The Morgan fingerprint density at radius 3 is 2.33 bits per heavy atom. The molecule has 0 aliphatic carbocycles. The van der Waals surface area contributed by atoms with Gasteiger partial charge in [-0.2, -0.15) is 0 Å². The molecular formula is C25H23BrN2O2. The van der Waals surface area contributed by atoms with Crippen molar-refractivity contribution in [2.45, 2.75) is 6.92 Å². The van der Waals surface area contributed by atoms with Gasteiger partial charge in [0.15, 0.2) is 5.75 Å². The van der Waals surface area contributed by atoms with Crippen molar-refractivity contribution >= 4 is 32.7 Å². The van der Waals surface area contributed by atoms with Crippen molar-refractivity contribution in [1.29, 1.82) is 0 Å². The van der Waals surface area contributed by atoms with Crippen LogP contribution >= 0.6 is 15.9 Å². The lowest BCUT2D eigenvalue weighted by atomic mass is 10.1. The highest BCUT2D eigenvalue weighted by Gasteiger charge is 2.25. The van der Waals surface area contributed by atoms with E-state index in [0.717, 1.165) is 33.2 Å². The quantitative estimate of drug-likeness (QED) is 0.327. The minimum absolute atomic E-state index is 0.0829. The third-order valence-corrected chi connectivity index (χ3v) is 5.62. The number of rotatable bonds is 6. The van der Waals surface area contributed by atoms with Gasteiger partial charge in [0.25, 0.3) is 5.91 Å². The van der Waals surface area contributed by atoms with Gasteiger partial charge in [0.05, 0.1) is 11.2 Å². The summed E-state index contributed by atoms with van der Waals surface area (Å²) in [4.78, 5) is 15.7. The first kappa shape index (κ1) is 20.4. The van der Waals surface area contributed by atoms with Crippen LogP contribution in [0.2, 0.25) is 0 Å². The average molecular weight is 463 g/mol. The number of halogens is 1. The Morgan fingerprint density at radius 1 is 1.00 bits per heavy atom. The molecule has 5 heteroatoms. The summed E-state index contributed by atoms with van der Waals surface area (Å²) in [7, 11) is 2.01. The number of benzene rings is 3. The first-order chi connectivity index (χ1) is 14.6. The van der Waals surface area contributed by atoms with Gasteiger partial charge in [-0.25, -0.2) is 0 Å². The fourth-order valence-electron chi connectivity index (χ4n) is 3.42. The summed E-state index contributed by atoms with van der Waals surface area (Å²) in [5, 5.41) is 0.900. The lowest BCUT2D eigenvalue weighted by Crippen LogP contribution is -2.23. The molecule has 0 fully saturated rings. The molecule has 0 aliphatic heterocycles. The zero-order valence-corrected chi connectivity index (χ0v) is 18.6. The Balaban J connectivity index is 2.00. The highest BCUT2D eigenvalue weighted by molar-refractivity contribution is 9.10. The monoisotopic (exact) mass is 462 g/mol. The van der Waals surface area contributed by atoms with Crippen LogP contribution in [-0.2, 0) is 0 Å². The molecule has 0 bridgehead atoms. The van der Waals surface area contributed by atoms with E-state index in [4.69, 9.17) is 4.74 Å². The zero-order chi connectivity index (χ0) is 21.1. The Bertz CT molecular complexity index is 1170. The minimum Gasteiger partial charge on any atom is -0.475 e. The van der Waals surface area contributed by atoms with Crippen LogP contribution in [0.3, 0.4) is 0 Å². The molecule has 152 valence electrons. The summed E-state index contributed by atoms with van der Waals surface area (Å²) in [5.41, 5.74) is 3.15. The molecule has 0 radical (unpaired) electrons. The van der Waals surface area contributed by atoms with E-state index in [1.54, 1.807) is 4.57 Å². The molecule has 0 N–H and O–H groups in total. The van der Waals surface area contributed by atoms with E-state index in [1.165, 1.54) is 0 Å². The Kier molecular flexibility index (Phi) is 6.02. The molecule has 4 rings (SSSR count). The van der Waals surface area contributed by atoms with Gasteiger partial charge >= 0.3 is 0 Å². The second-order valence-electron chi connectivity index (χ2n) is 7.16. The van der Waals surface area contributed by atoms with E-state index in [1.807, 2.05) is 85.9 Å². The Hall–Kier alpha value is -2.89. The smallest absolute Gasteiger partial charge is 0.262 e. The first-order valence-corrected chi connectivity index (χ1v) is 10.7. The van der Waals surface area contributed by atoms with Crippen LogP contribution in [0.4, 0.5) is 0 Å². The van der Waals surface area contributed by atoms with Crippen LogP contribution in [0.5, 0.6) is 5.75 Å². The molecule has 0 saturated carbocycles. The van der Waals surface area contributed by atoms with Gasteiger partial charge in [-0.3, -0.25) is 14.3 Å². The van der Waals surface area contributed by atoms with Gasteiger partial charge < -0.3 is 4.74 Å². The molecule has 0 aliphatic rings. The summed E-state index contributed by atoms with van der Waals surface area (Å²) in [6.45, 7) is 3.38. The molecule has 4 nitrogen and oxygen atoms in total. The van der Waals surface area contributed by atoms with E-state index >= 15 is 0 Å². The summed E-state index contributed by atoms with van der Waals surface area (Å²) < 4.78 is 9.02. The highest BCUT2D eigenvalue weighted by Crippen LogP contribution is 2.41. The maximum Gasteiger partial charge on any atom is 0.262 e. The number of hydrogen-bond donors (Lipinski definition) is 0. The van der Waals surface area contributed by atoms with Crippen LogP contribution in [-0.4, -0.2) is 35.7 Å². The standard InChI is InChI=1S/C25H23BrN2O2/c1-3-27(2)17-30-24-21-16-20(26)14-15-22(21)28(23(24)18-10-6-4-7-11-18)25(29)19-12-8-5-9-13-19/h4-16H,3,17H2,1-2H3. The SMILES string of the molecule is CCN(C)COc1c(-c2ccccc2)n(C(=O)c2ccccc2)c2ccc(Br)cc12. The molecule has 0 spiro atoms. The second-order valence-corrected chi connectivity index (χ2v) is 8.07. The van der Waals surface area contributed by atoms with E-state index in [0.29, 0.717) is 18.0 Å². The molecule has 1 aromatic heterocycles. The predicted octanol–water partition coefficient (Wildman–Crippen LogP) is 6.05. The van der Waals surface area contributed by atoms with Crippen molar-refractivity contribution in [3.8, 4) is 17.0 Å². The normalized spacial score (nSPS) is 11.2. The van der Waals surface area contributed by atoms with Gasteiger partial charge in [0, 0.05) is 21.0 Å². The summed E-state index contributed by atoms with van der Waals surface area (Å²) >= 11 is 3.57. The van der Waals surface area contributed by atoms with Gasteiger partial charge in [0.2, 0.25) is 0 Å². The van der Waals surface area contributed by atoms with Crippen LogP contribution in [0, 0.1) is 0 Å². The van der Waals surface area contributed by atoms with E-state index in [9.17, 15) is 4.79 Å². The average Bonchev–Trinajstić information content (AvgIpc) is 3.11. The lowest BCUT2D eigenvalue weighted by molar-refractivity contribution is 0.0965. The minimum atomic E-state index is -0.0829. The maximum absolute atomic E-state index is 13.6. The number of carbonyl (C=O) groups excluding carboxylic acids is 1. The van der Waals surface area contributed by atoms with Gasteiger partial charge in [0.1, 0.15) is 6.73 Å². The number of ether oxygens (including phenoxy) is 1. The maximum atomic E-state index is 13.6. The number of carbonyl (C=O) groups is 1. The molecule has 3 aromatic carbocycles. The number of nitrogens with zero attached hydrogens (tertiary/aromatic N) is 2. The summed E-state index contributed by atoms with van der Waals surface area (Å²) in [6.07, 6.45) is 0. The molecule has 1 heterocycles. The third-order valence-electron chi connectivity index (χ3n) is 5.12. The van der Waals surface area contributed by atoms with E-state index in [2.05, 4.69) is 27.8 Å². The van der Waals surface area contributed by atoms with Crippen molar-refractivity contribution in [2.24, 2.45) is 0 Å². The lowest BCUT2D eigenvalue weighted by Gasteiger charge is -2.17. The summed E-state index contributed by atoms with van der Waals surface area (Å²) in [6, 6.07) is 25.2. The van der Waals surface area contributed by atoms with Crippen molar-refractivity contribution in [2.75, 3.05) is 20.3 Å². The molecular weight excluding hydrogens is 440 g/mol. The van der Waals surface area contributed by atoms with Gasteiger partial charge in [-0.05, 0) is 43.9 Å². The Morgan fingerprint density at radius 2 is 1.67 bits per heavy atom. The van der Waals surface area contributed by atoms with Crippen molar-refractivity contribution in [3.05, 3.63) is 88.9 Å². The third kappa shape index (κ3) is 3.91. The van der Waals surface area contributed by atoms with E-state index < -0.39 is 0 Å². The second kappa shape index (κ2) is 8.86. The molecule has 0 saturated heterocycles. The first-order valence-electron chi connectivity index (χ1n) is 9.90. The molecule has 0 amide bonds. The van der Waals surface area contributed by atoms with Crippen molar-refractivity contribution in [1.82, 2.24) is 9.47 Å². The van der Waals surface area contributed by atoms with Crippen molar-refractivity contribution in [3.63, 3.8) is 0 Å². The van der Waals surface area contributed by atoms with Gasteiger partial charge in [-0.15, -0.1) is 0 Å². The predicted molar refractivity (Wildman–Crippen MR) is 125 cm³/mol.